The fraction of sp³-hybridized carbons (Fsp3) is 0.696. The smallest absolute Gasteiger partial charge is 0.277 e. The lowest BCUT2D eigenvalue weighted by Crippen LogP contribution is -2.39. The summed E-state index contributed by atoms with van der Waals surface area (Å²) in [5, 5.41) is 3.01. The van der Waals surface area contributed by atoms with E-state index < -0.39 is 0 Å². The molecule has 1 aromatic heterocycles. The largest absolute Gasteiger partial charge is 0.343 e. The maximum Gasteiger partial charge on any atom is 0.277 e. The van der Waals surface area contributed by atoms with Crippen LogP contribution in [0.1, 0.15) is 86.6 Å². The van der Waals surface area contributed by atoms with Crippen LogP contribution in [0.3, 0.4) is 0 Å². The van der Waals surface area contributed by atoms with Gasteiger partial charge in [0.15, 0.2) is 0 Å². The van der Waals surface area contributed by atoms with Gasteiger partial charge < -0.3 is 9.80 Å². The van der Waals surface area contributed by atoms with E-state index in [0.29, 0.717) is 29.9 Å². The Bertz CT molecular complexity index is 777. The molecule has 4 rings (SSSR count). The molecule has 0 aromatic carbocycles. The topological polar surface area (TPSA) is 53.5 Å². The molecule has 3 heterocycles. The van der Waals surface area contributed by atoms with E-state index in [1.54, 1.807) is 11.3 Å². The molecule has 0 bridgehead atoms. The number of allylic oxidation sites excluding steroid dienone is 2. The van der Waals surface area contributed by atoms with Crippen molar-refractivity contribution < 1.29 is 9.59 Å². The van der Waals surface area contributed by atoms with Gasteiger partial charge in [0.25, 0.3) is 5.91 Å². The van der Waals surface area contributed by atoms with Crippen LogP contribution in [0.25, 0.3) is 0 Å². The zero-order chi connectivity index (χ0) is 20.4. The lowest BCUT2D eigenvalue weighted by Gasteiger charge is -2.37. The predicted molar refractivity (Wildman–Crippen MR) is 116 cm³/mol. The van der Waals surface area contributed by atoms with Gasteiger partial charge in [0.1, 0.15) is 5.69 Å². The normalized spacial score (nSPS) is 23.1. The molecular weight excluding hydrogens is 382 g/mol. The summed E-state index contributed by atoms with van der Waals surface area (Å²) in [6.07, 6.45) is 10.7. The van der Waals surface area contributed by atoms with Gasteiger partial charge in [-0.1, -0.05) is 19.9 Å². The summed E-state index contributed by atoms with van der Waals surface area (Å²) in [6, 6.07) is 0. The van der Waals surface area contributed by atoms with Crippen LogP contribution in [-0.2, 0) is 4.79 Å². The fourth-order valence-electron chi connectivity index (χ4n) is 4.96. The van der Waals surface area contributed by atoms with Gasteiger partial charge in [-0.2, -0.15) is 0 Å². The molecule has 0 spiro atoms. The summed E-state index contributed by atoms with van der Waals surface area (Å²) in [4.78, 5) is 34.2. The Labute approximate surface area is 178 Å². The van der Waals surface area contributed by atoms with Crippen molar-refractivity contribution in [3.05, 3.63) is 27.9 Å². The first-order valence-electron chi connectivity index (χ1n) is 11.3. The number of hydrogen-bond acceptors (Lipinski definition) is 4. The molecule has 2 fully saturated rings. The number of amides is 2. The van der Waals surface area contributed by atoms with E-state index in [0.717, 1.165) is 50.3 Å². The third kappa shape index (κ3) is 4.57. The van der Waals surface area contributed by atoms with Crippen LogP contribution in [0.5, 0.6) is 0 Å². The maximum absolute atomic E-state index is 13.2. The van der Waals surface area contributed by atoms with Crippen LogP contribution < -0.4 is 0 Å². The molecule has 0 saturated carbocycles. The molecule has 1 aromatic rings. The minimum atomic E-state index is 0.0786. The van der Waals surface area contributed by atoms with Gasteiger partial charge in [-0.15, -0.1) is 11.3 Å². The van der Waals surface area contributed by atoms with Gasteiger partial charge in [-0.25, -0.2) is 4.98 Å². The van der Waals surface area contributed by atoms with Crippen LogP contribution >= 0.6 is 11.3 Å². The van der Waals surface area contributed by atoms with E-state index in [1.807, 2.05) is 15.2 Å². The Balaban J connectivity index is 1.38. The molecule has 29 heavy (non-hydrogen) atoms. The molecule has 0 N–H and O–H groups in total. The number of likely N-dealkylation sites (tertiary alicyclic amines) is 2. The first kappa shape index (κ1) is 20.6. The second kappa shape index (κ2) is 8.99. The van der Waals surface area contributed by atoms with E-state index in [2.05, 4.69) is 19.9 Å². The average molecular weight is 416 g/mol. The lowest BCUT2D eigenvalue weighted by atomic mass is 9.85. The van der Waals surface area contributed by atoms with Crippen molar-refractivity contribution in [1.82, 2.24) is 14.8 Å². The minimum Gasteiger partial charge on any atom is -0.343 e. The number of piperidine rings is 2. The summed E-state index contributed by atoms with van der Waals surface area (Å²) < 4.78 is 0. The number of fused-ring (bicyclic) bond motifs is 1. The van der Waals surface area contributed by atoms with Crippen LogP contribution in [0, 0.1) is 11.8 Å². The number of carbonyl (C=O) groups excluding carboxylic acids is 2. The summed E-state index contributed by atoms with van der Waals surface area (Å²) in [6.45, 7) is 6.61. The van der Waals surface area contributed by atoms with Gasteiger partial charge in [0, 0.05) is 43.1 Å². The number of rotatable bonds is 4. The predicted octanol–water partition coefficient (Wildman–Crippen LogP) is 4.82. The lowest BCUT2D eigenvalue weighted by molar-refractivity contribution is -0.133. The van der Waals surface area contributed by atoms with Crippen molar-refractivity contribution in [2.45, 2.75) is 71.1 Å². The van der Waals surface area contributed by atoms with Crippen LogP contribution in [0.2, 0.25) is 0 Å². The molecule has 2 aliphatic heterocycles. The molecule has 0 radical (unpaired) electrons. The van der Waals surface area contributed by atoms with Gasteiger partial charge in [0.2, 0.25) is 5.91 Å². The number of nitrogens with zero attached hydrogens (tertiary/aromatic N) is 3. The van der Waals surface area contributed by atoms with E-state index >= 15 is 0 Å². The third-order valence-corrected chi connectivity index (χ3v) is 7.55. The van der Waals surface area contributed by atoms with E-state index in [4.69, 9.17) is 4.98 Å². The van der Waals surface area contributed by atoms with Crippen molar-refractivity contribution in [3.63, 3.8) is 0 Å². The maximum atomic E-state index is 13.2. The summed E-state index contributed by atoms with van der Waals surface area (Å²) in [5.74, 6) is 1.69. The molecule has 2 saturated heterocycles. The summed E-state index contributed by atoms with van der Waals surface area (Å²) >= 11 is 1.62. The zero-order valence-corrected chi connectivity index (χ0v) is 18.5. The second-order valence-electron chi connectivity index (χ2n) is 9.18. The Kier molecular flexibility index (Phi) is 6.38. The highest BCUT2D eigenvalue weighted by Crippen LogP contribution is 2.36. The van der Waals surface area contributed by atoms with Crippen molar-refractivity contribution in [3.8, 4) is 0 Å². The van der Waals surface area contributed by atoms with Gasteiger partial charge >= 0.3 is 0 Å². The van der Waals surface area contributed by atoms with Crippen molar-refractivity contribution in [1.29, 1.82) is 0 Å². The summed E-state index contributed by atoms with van der Waals surface area (Å²) in [5.41, 5.74) is 1.86. The zero-order valence-electron chi connectivity index (χ0n) is 17.7. The Morgan fingerprint density at radius 2 is 1.86 bits per heavy atom. The van der Waals surface area contributed by atoms with Crippen LogP contribution in [-0.4, -0.2) is 46.2 Å². The number of aromatic nitrogens is 1. The molecule has 3 aliphatic rings. The van der Waals surface area contributed by atoms with Crippen molar-refractivity contribution in [2.75, 3.05) is 19.6 Å². The highest BCUT2D eigenvalue weighted by molar-refractivity contribution is 7.09. The van der Waals surface area contributed by atoms with Crippen LogP contribution in [0.4, 0.5) is 0 Å². The quantitative estimate of drug-likeness (QED) is 0.709. The number of carbonyl (C=O) groups is 2. The average Bonchev–Trinajstić information content (AvgIpc) is 3.23. The number of hydrogen-bond donors (Lipinski definition) is 0. The van der Waals surface area contributed by atoms with Crippen LogP contribution in [0.15, 0.2) is 17.2 Å². The fourth-order valence-corrected chi connectivity index (χ4v) is 5.93. The Morgan fingerprint density at radius 3 is 2.62 bits per heavy atom. The highest BCUT2D eigenvalue weighted by atomic mass is 32.1. The molecule has 2 amide bonds. The minimum absolute atomic E-state index is 0.0786. The van der Waals surface area contributed by atoms with Gasteiger partial charge in [-0.3, -0.25) is 9.59 Å². The molecule has 1 aliphatic carbocycles. The van der Waals surface area contributed by atoms with Gasteiger partial charge in [-0.05, 0) is 56.8 Å². The third-order valence-electron chi connectivity index (χ3n) is 6.54. The molecule has 5 nitrogen and oxygen atoms in total. The molecular formula is C23H33N3O2S. The molecule has 6 heteroatoms. The SMILES string of the molecule is CC(C)CC(=O)N1CCC(c2nc(C(=O)N3CCCC4CCCC=C43)cs2)CC1. The Morgan fingerprint density at radius 1 is 1.10 bits per heavy atom. The monoisotopic (exact) mass is 415 g/mol. The molecule has 1 atom stereocenters. The molecule has 1 unspecified atom stereocenters. The van der Waals surface area contributed by atoms with Crippen molar-refractivity contribution in [2.24, 2.45) is 11.8 Å². The summed E-state index contributed by atoms with van der Waals surface area (Å²) in [7, 11) is 0. The van der Waals surface area contributed by atoms with Crippen molar-refractivity contribution >= 4 is 23.2 Å². The first-order valence-corrected chi connectivity index (χ1v) is 12.2. The first-order chi connectivity index (χ1) is 14.0. The standard InChI is InChI=1S/C23H33N3O2S/c1-16(2)14-21(27)25-12-9-18(10-13-25)22-24-19(15-29-22)23(28)26-11-5-7-17-6-3-4-8-20(17)26/h8,15-18H,3-7,9-14H2,1-2H3. The van der Waals surface area contributed by atoms with E-state index in [-0.39, 0.29) is 11.8 Å². The van der Waals surface area contributed by atoms with Gasteiger partial charge in [0.05, 0.1) is 5.01 Å². The van der Waals surface area contributed by atoms with E-state index in [1.165, 1.54) is 25.0 Å². The number of thiazole rings is 1. The molecule has 158 valence electrons. The van der Waals surface area contributed by atoms with E-state index in [9.17, 15) is 9.59 Å². The second-order valence-corrected chi connectivity index (χ2v) is 10.1. The Hall–Kier alpha value is -1.69. The highest BCUT2D eigenvalue weighted by Gasteiger charge is 2.32.